The van der Waals surface area contributed by atoms with Crippen molar-refractivity contribution in [2.45, 2.75) is 50.9 Å². The number of amides is 1. The maximum atomic E-state index is 12.6. The highest BCUT2D eigenvalue weighted by molar-refractivity contribution is 5.79. The van der Waals surface area contributed by atoms with E-state index in [9.17, 15) is 4.79 Å². The van der Waals surface area contributed by atoms with Crippen molar-refractivity contribution < 1.29 is 9.53 Å². The molecule has 6 heteroatoms. The molecular formula is C14H20N4O2. The Labute approximate surface area is 118 Å². The lowest BCUT2D eigenvalue weighted by Gasteiger charge is -2.41. The summed E-state index contributed by atoms with van der Waals surface area (Å²) < 4.78 is 7.84. The van der Waals surface area contributed by atoms with Crippen molar-refractivity contribution in [2.24, 2.45) is 5.92 Å². The van der Waals surface area contributed by atoms with Crippen LogP contribution in [0.15, 0.2) is 6.20 Å². The number of fused-ring (bicyclic) bond motifs is 3. The molecule has 2 atom stereocenters. The smallest absolute Gasteiger partial charge is 0.225 e. The van der Waals surface area contributed by atoms with E-state index in [4.69, 9.17) is 4.74 Å². The number of piperidine rings is 1. The van der Waals surface area contributed by atoms with Gasteiger partial charge in [-0.3, -0.25) is 4.79 Å². The first kappa shape index (κ1) is 12.3. The monoisotopic (exact) mass is 276 g/mol. The molecule has 2 fully saturated rings. The van der Waals surface area contributed by atoms with E-state index in [-0.39, 0.29) is 18.1 Å². The van der Waals surface area contributed by atoms with Gasteiger partial charge >= 0.3 is 0 Å². The van der Waals surface area contributed by atoms with Gasteiger partial charge < -0.3 is 9.64 Å². The van der Waals surface area contributed by atoms with Crippen LogP contribution in [0, 0.1) is 5.92 Å². The van der Waals surface area contributed by atoms with Crippen LogP contribution < -0.4 is 0 Å². The first-order chi connectivity index (χ1) is 9.83. The Balaban J connectivity index is 1.52. The molecule has 2 aliphatic heterocycles. The fourth-order valence-electron chi connectivity index (χ4n) is 3.81. The zero-order valence-corrected chi connectivity index (χ0v) is 11.6. The Morgan fingerprint density at radius 2 is 2.15 bits per heavy atom. The van der Waals surface area contributed by atoms with E-state index in [1.807, 2.05) is 9.58 Å². The van der Waals surface area contributed by atoms with Crippen molar-refractivity contribution in [1.82, 2.24) is 19.9 Å². The van der Waals surface area contributed by atoms with Gasteiger partial charge in [0.25, 0.3) is 0 Å². The molecule has 1 aromatic heterocycles. The molecule has 0 aromatic carbocycles. The third kappa shape index (κ3) is 1.93. The van der Waals surface area contributed by atoms with Crippen molar-refractivity contribution >= 4 is 5.91 Å². The van der Waals surface area contributed by atoms with Gasteiger partial charge in [-0.15, -0.1) is 5.10 Å². The molecule has 0 radical (unpaired) electrons. The van der Waals surface area contributed by atoms with Gasteiger partial charge in [0, 0.05) is 19.0 Å². The fraction of sp³-hybridized carbons (Fsp3) is 0.786. The standard InChI is InChI=1S/C14H20N4O2/c19-14(10-3-1-2-4-10)17-6-5-13-12(8-17)18-11(9-20-13)7-15-16-18/h7,10,12-13H,1-6,8-9H2/t12-,13-/m1/s1. The zero-order chi connectivity index (χ0) is 13.5. The molecule has 108 valence electrons. The molecule has 1 saturated heterocycles. The summed E-state index contributed by atoms with van der Waals surface area (Å²) in [5.41, 5.74) is 1.02. The van der Waals surface area contributed by atoms with Gasteiger partial charge in [0.1, 0.15) is 0 Å². The van der Waals surface area contributed by atoms with Crippen LogP contribution in [0.4, 0.5) is 0 Å². The van der Waals surface area contributed by atoms with Crippen LogP contribution in [-0.2, 0) is 16.1 Å². The molecule has 1 amide bonds. The predicted molar refractivity (Wildman–Crippen MR) is 70.8 cm³/mol. The lowest BCUT2D eigenvalue weighted by Crippen LogP contribution is -2.51. The summed E-state index contributed by atoms with van der Waals surface area (Å²) in [5.74, 6) is 0.597. The SMILES string of the molecule is O=C(C1CCCC1)N1CC[C@H]2OCc3cnnn3[C@@H]2C1. The molecule has 4 rings (SSSR count). The van der Waals surface area contributed by atoms with Crippen molar-refractivity contribution in [1.29, 1.82) is 0 Å². The number of rotatable bonds is 1. The second-order valence-corrected chi connectivity index (χ2v) is 6.14. The topological polar surface area (TPSA) is 60.3 Å². The Hall–Kier alpha value is -1.43. The highest BCUT2D eigenvalue weighted by atomic mass is 16.5. The first-order valence-corrected chi connectivity index (χ1v) is 7.62. The van der Waals surface area contributed by atoms with Crippen LogP contribution in [0.2, 0.25) is 0 Å². The van der Waals surface area contributed by atoms with Gasteiger partial charge in [-0.1, -0.05) is 18.1 Å². The van der Waals surface area contributed by atoms with E-state index in [0.29, 0.717) is 12.5 Å². The third-order valence-electron chi connectivity index (χ3n) is 4.94. The number of hydrogen-bond donors (Lipinski definition) is 0. The van der Waals surface area contributed by atoms with E-state index in [1.165, 1.54) is 12.8 Å². The molecule has 1 aliphatic carbocycles. The second-order valence-electron chi connectivity index (χ2n) is 6.14. The highest BCUT2D eigenvalue weighted by Gasteiger charge is 2.39. The molecule has 1 saturated carbocycles. The summed E-state index contributed by atoms with van der Waals surface area (Å²) >= 11 is 0. The van der Waals surface area contributed by atoms with E-state index >= 15 is 0 Å². The number of nitrogens with zero attached hydrogens (tertiary/aromatic N) is 4. The van der Waals surface area contributed by atoms with Crippen LogP contribution in [0.5, 0.6) is 0 Å². The molecule has 1 aromatic rings. The summed E-state index contributed by atoms with van der Waals surface area (Å²) in [4.78, 5) is 14.6. The minimum atomic E-state index is 0.139. The molecule has 0 bridgehead atoms. The van der Waals surface area contributed by atoms with Crippen molar-refractivity contribution in [3.05, 3.63) is 11.9 Å². The third-order valence-corrected chi connectivity index (χ3v) is 4.94. The summed E-state index contributed by atoms with van der Waals surface area (Å²) in [6.07, 6.45) is 7.37. The minimum Gasteiger partial charge on any atom is -0.370 e. The van der Waals surface area contributed by atoms with Crippen LogP contribution >= 0.6 is 0 Å². The molecule has 6 nitrogen and oxygen atoms in total. The van der Waals surface area contributed by atoms with Crippen molar-refractivity contribution in [2.75, 3.05) is 13.1 Å². The number of ether oxygens (including phenoxy) is 1. The lowest BCUT2D eigenvalue weighted by molar-refractivity contribution is -0.142. The number of hydrogen-bond acceptors (Lipinski definition) is 4. The predicted octanol–water partition coefficient (Wildman–Crippen LogP) is 1.14. The number of carbonyl (C=O) groups is 1. The molecule has 0 unspecified atom stereocenters. The van der Waals surface area contributed by atoms with Gasteiger partial charge in [0.15, 0.2) is 0 Å². The molecule has 3 aliphatic rings. The number of likely N-dealkylation sites (tertiary alicyclic amines) is 1. The quantitative estimate of drug-likeness (QED) is 0.772. The van der Waals surface area contributed by atoms with E-state index in [0.717, 1.165) is 38.0 Å². The van der Waals surface area contributed by atoms with Gasteiger partial charge in [-0.05, 0) is 19.3 Å². The lowest BCUT2D eigenvalue weighted by atomic mass is 9.98. The summed E-state index contributed by atoms with van der Waals surface area (Å²) in [6, 6.07) is 0.139. The van der Waals surface area contributed by atoms with Crippen LogP contribution in [0.3, 0.4) is 0 Å². The average Bonchev–Trinajstić information content (AvgIpc) is 3.16. The summed E-state index contributed by atoms with van der Waals surface area (Å²) in [6.45, 7) is 2.13. The first-order valence-electron chi connectivity index (χ1n) is 7.62. The molecule has 0 N–H and O–H groups in total. The molecule has 0 spiro atoms. The van der Waals surface area contributed by atoms with E-state index < -0.39 is 0 Å². The normalized spacial score (nSPS) is 30.1. The Morgan fingerprint density at radius 3 is 3.00 bits per heavy atom. The maximum absolute atomic E-state index is 12.6. The number of carbonyl (C=O) groups excluding carboxylic acids is 1. The van der Waals surface area contributed by atoms with Gasteiger partial charge in [0.2, 0.25) is 5.91 Å². The fourth-order valence-corrected chi connectivity index (χ4v) is 3.81. The average molecular weight is 276 g/mol. The Kier molecular flexibility index (Phi) is 2.98. The Morgan fingerprint density at radius 1 is 1.30 bits per heavy atom. The Bertz CT molecular complexity index is 509. The summed E-state index contributed by atoms with van der Waals surface area (Å²) in [7, 11) is 0. The molecule has 20 heavy (non-hydrogen) atoms. The highest BCUT2D eigenvalue weighted by Crippen LogP contribution is 2.33. The summed E-state index contributed by atoms with van der Waals surface area (Å²) in [5, 5.41) is 8.15. The van der Waals surface area contributed by atoms with Crippen LogP contribution in [0.1, 0.15) is 43.8 Å². The van der Waals surface area contributed by atoms with Crippen molar-refractivity contribution in [3.8, 4) is 0 Å². The number of aromatic nitrogens is 3. The van der Waals surface area contributed by atoms with Crippen LogP contribution in [-0.4, -0.2) is 45.0 Å². The van der Waals surface area contributed by atoms with Crippen molar-refractivity contribution in [3.63, 3.8) is 0 Å². The van der Waals surface area contributed by atoms with E-state index in [1.54, 1.807) is 6.20 Å². The second kappa shape index (κ2) is 4.84. The van der Waals surface area contributed by atoms with Gasteiger partial charge in [-0.25, -0.2) is 4.68 Å². The van der Waals surface area contributed by atoms with Crippen LogP contribution in [0.25, 0.3) is 0 Å². The maximum Gasteiger partial charge on any atom is 0.225 e. The minimum absolute atomic E-state index is 0.139. The molecular weight excluding hydrogens is 256 g/mol. The molecule has 3 heterocycles. The zero-order valence-electron chi connectivity index (χ0n) is 11.6. The van der Waals surface area contributed by atoms with E-state index in [2.05, 4.69) is 10.3 Å². The van der Waals surface area contributed by atoms with Gasteiger partial charge in [-0.2, -0.15) is 0 Å². The largest absolute Gasteiger partial charge is 0.370 e. The van der Waals surface area contributed by atoms with Gasteiger partial charge in [0.05, 0.1) is 30.6 Å².